The first-order valence-corrected chi connectivity index (χ1v) is 9.43. The third-order valence-corrected chi connectivity index (χ3v) is 5.32. The average Bonchev–Trinajstić information content (AvgIpc) is 3.11. The van der Waals surface area contributed by atoms with Crippen LogP contribution in [0.2, 0.25) is 0 Å². The molecule has 5 heteroatoms. The van der Waals surface area contributed by atoms with E-state index in [1.807, 2.05) is 38.1 Å². The molecule has 3 rings (SSSR count). The number of hydrogen-bond donors (Lipinski definition) is 0. The molecule has 0 radical (unpaired) electrons. The predicted octanol–water partition coefficient (Wildman–Crippen LogP) is 2.43. The number of amides is 2. The van der Waals surface area contributed by atoms with Crippen LogP contribution in [0.4, 0.5) is 5.69 Å². The van der Waals surface area contributed by atoms with Gasteiger partial charge < -0.3 is 14.7 Å². The topological polar surface area (TPSA) is 43.9 Å². The number of benzene rings is 1. The summed E-state index contributed by atoms with van der Waals surface area (Å²) in [4.78, 5) is 31.1. The van der Waals surface area contributed by atoms with Crippen LogP contribution in [0.3, 0.4) is 0 Å². The Labute approximate surface area is 150 Å². The number of likely N-dealkylation sites (tertiary alicyclic amines) is 1. The molecular weight excluding hydrogens is 314 g/mol. The molecular formula is C20H29N3O2. The lowest BCUT2D eigenvalue weighted by Crippen LogP contribution is -2.57. The molecule has 1 atom stereocenters. The molecule has 1 aromatic rings. The molecule has 0 unspecified atom stereocenters. The third kappa shape index (κ3) is 4.40. The second-order valence-corrected chi connectivity index (χ2v) is 7.36. The Morgan fingerprint density at radius 2 is 1.84 bits per heavy atom. The van der Waals surface area contributed by atoms with Crippen molar-refractivity contribution < 1.29 is 9.59 Å². The highest BCUT2D eigenvalue weighted by Crippen LogP contribution is 2.21. The van der Waals surface area contributed by atoms with Gasteiger partial charge >= 0.3 is 0 Å². The number of aryl methyl sites for hydroxylation is 1. The molecule has 2 heterocycles. The van der Waals surface area contributed by atoms with E-state index in [0.717, 1.165) is 31.7 Å². The highest BCUT2D eigenvalue weighted by Gasteiger charge is 2.32. The van der Waals surface area contributed by atoms with Gasteiger partial charge in [0.25, 0.3) is 0 Å². The molecule has 0 aliphatic carbocycles. The van der Waals surface area contributed by atoms with Gasteiger partial charge in [0.05, 0.1) is 0 Å². The number of piperazine rings is 1. The summed E-state index contributed by atoms with van der Waals surface area (Å²) in [5, 5.41) is 0. The van der Waals surface area contributed by atoms with Crippen LogP contribution < -0.4 is 4.90 Å². The Morgan fingerprint density at radius 1 is 1.16 bits per heavy atom. The van der Waals surface area contributed by atoms with Crippen molar-refractivity contribution in [3.05, 3.63) is 29.8 Å². The van der Waals surface area contributed by atoms with Crippen molar-refractivity contribution in [2.24, 2.45) is 0 Å². The summed E-state index contributed by atoms with van der Waals surface area (Å²) in [6.45, 7) is 8.16. The maximum atomic E-state index is 12.6. The molecule has 136 valence electrons. The normalized spacial score (nSPS) is 21.8. The number of rotatable bonds is 5. The molecule has 5 nitrogen and oxygen atoms in total. The second-order valence-electron chi connectivity index (χ2n) is 7.36. The molecule has 2 amide bonds. The molecule has 1 aromatic carbocycles. The van der Waals surface area contributed by atoms with E-state index in [0.29, 0.717) is 13.0 Å². The van der Waals surface area contributed by atoms with E-state index in [1.165, 1.54) is 18.4 Å². The molecule has 2 saturated heterocycles. The molecule has 0 bridgehead atoms. The Morgan fingerprint density at radius 3 is 2.52 bits per heavy atom. The van der Waals surface area contributed by atoms with Gasteiger partial charge in [0.1, 0.15) is 6.54 Å². The van der Waals surface area contributed by atoms with Gasteiger partial charge in [0.2, 0.25) is 11.8 Å². The first-order chi connectivity index (χ1) is 12.0. The summed E-state index contributed by atoms with van der Waals surface area (Å²) in [5.74, 6) is 0.124. The van der Waals surface area contributed by atoms with Crippen molar-refractivity contribution in [2.75, 3.05) is 37.6 Å². The van der Waals surface area contributed by atoms with Gasteiger partial charge in [-0.15, -0.1) is 0 Å². The molecule has 0 N–H and O–H groups in total. The molecule has 0 spiro atoms. The zero-order valence-electron chi connectivity index (χ0n) is 15.4. The maximum Gasteiger partial charge on any atom is 0.246 e. The molecule has 2 aliphatic heterocycles. The summed E-state index contributed by atoms with van der Waals surface area (Å²) in [7, 11) is 0. The SMILES string of the molecule is Cc1ccc(N2C[C@H](C)N(C(=O)CCCN3CCCC3)CC2=O)cc1. The fourth-order valence-electron chi connectivity index (χ4n) is 3.76. The number of hydrogen-bond acceptors (Lipinski definition) is 3. The minimum atomic E-state index is 0.00912. The van der Waals surface area contributed by atoms with Crippen molar-refractivity contribution >= 4 is 17.5 Å². The number of carbonyl (C=O) groups is 2. The molecule has 2 fully saturated rings. The van der Waals surface area contributed by atoms with Gasteiger partial charge in [0, 0.05) is 24.7 Å². The van der Waals surface area contributed by atoms with Crippen LogP contribution in [-0.2, 0) is 9.59 Å². The van der Waals surface area contributed by atoms with E-state index < -0.39 is 0 Å². The lowest BCUT2D eigenvalue weighted by Gasteiger charge is -2.39. The Balaban J connectivity index is 1.53. The van der Waals surface area contributed by atoms with Crippen molar-refractivity contribution in [1.29, 1.82) is 0 Å². The average molecular weight is 343 g/mol. The maximum absolute atomic E-state index is 12.6. The second kappa shape index (κ2) is 8.00. The lowest BCUT2D eigenvalue weighted by molar-refractivity contribution is -0.139. The summed E-state index contributed by atoms with van der Waals surface area (Å²) < 4.78 is 0. The number of carbonyl (C=O) groups excluding carboxylic acids is 2. The third-order valence-electron chi connectivity index (χ3n) is 5.32. The van der Waals surface area contributed by atoms with Crippen molar-refractivity contribution in [3.63, 3.8) is 0 Å². The van der Waals surface area contributed by atoms with E-state index in [4.69, 9.17) is 0 Å². The van der Waals surface area contributed by atoms with E-state index in [2.05, 4.69) is 4.90 Å². The van der Waals surface area contributed by atoms with Gasteiger partial charge in [-0.25, -0.2) is 0 Å². The van der Waals surface area contributed by atoms with Crippen molar-refractivity contribution in [1.82, 2.24) is 9.80 Å². The Kier molecular flexibility index (Phi) is 5.74. The highest BCUT2D eigenvalue weighted by atomic mass is 16.2. The van der Waals surface area contributed by atoms with Crippen molar-refractivity contribution in [3.8, 4) is 0 Å². The zero-order chi connectivity index (χ0) is 17.8. The molecule has 0 saturated carbocycles. The van der Waals surface area contributed by atoms with Crippen LogP contribution in [0, 0.1) is 6.92 Å². The quantitative estimate of drug-likeness (QED) is 0.825. The highest BCUT2D eigenvalue weighted by molar-refractivity contribution is 5.98. The summed E-state index contributed by atoms with van der Waals surface area (Å²) >= 11 is 0. The monoisotopic (exact) mass is 343 g/mol. The van der Waals surface area contributed by atoms with Crippen LogP contribution in [0.5, 0.6) is 0 Å². The van der Waals surface area contributed by atoms with Crippen LogP contribution in [0.1, 0.15) is 38.2 Å². The van der Waals surface area contributed by atoms with Crippen LogP contribution >= 0.6 is 0 Å². The van der Waals surface area contributed by atoms with Gasteiger partial charge in [-0.1, -0.05) is 17.7 Å². The van der Waals surface area contributed by atoms with Crippen molar-refractivity contribution in [2.45, 2.75) is 45.6 Å². The Hall–Kier alpha value is -1.88. The van der Waals surface area contributed by atoms with Gasteiger partial charge in [-0.2, -0.15) is 0 Å². The van der Waals surface area contributed by atoms with E-state index >= 15 is 0 Å². The van der Waals surface area contributed by atoms with E-state index in [1.54, 1.807) is 9.80 Å². The van der Waals surface area contributed by atoms with Gasteiger partial charge in [-0.05, 0) is 64.9 Å². The predicted molar refractivity (Wildman–Crippen MR) is 99.6 cm³/mol. The standard InChI is InChI=1S/C20H29N3O2/c1-16-7-9-18(10-8-16)23-14-17(2)22(15-20(23)25)19(24)6-5-13-21-11-3-4-12-21/h7-10,17H,3-6,11-15H2,1-2H3/t17-/m0/s1. The van der Waals surface area contributed by atoms with Crippen LogP contribution in [0.15, 0.2) is 24.3 Å². The van der Waals surface area contributed by atoms with Crippen LogP contribution in [-0.4, -0.2) is 60.4 Å². The smallest absolute Gasteiger partial charge is 0.246 e. The zero-order valence-corrected chi connectivity index (χ0v) is 15.4. The fourth-order valence-corrected chi connectivity index (χ4v) is 3.76. The number of anilines is 1. The van der Waals surface area contributed by atoms with E-state index in [-0.39, 0.29) is 24.4 Å². The first kappa shape index (κ1) is 17.9. The Bertz CT molecular complexity index is 608. The first-order valence-electron chi connectivity index (χ1n) is 9.43. The minimum Gasteiger partial charge on any atom is -0.329 e. The summed E-state index contributed by atoms with van der Waals surface area (Å²) in [5.41, 5.74) is 2.10. The lowest BCUT2D eigenvalue weighted by atomic mass is 10.1. The number of nitrogens with zero attached hydrogens (tertiary/aromatic N) is 3. The molecule has 0 aromatic heterocycles. The van der Waals surface area contributed by atoms with Crippen LogP contribution in [0.25, 0.3) is 0 Å². The molecule has 2 aliphatic rings. The summed E-state index contributed by atoms with van der Waals surface area (Å²) in [6, 6.07) is 8.05. The minimum absolute atomic E-state index is 0.00912. The summed E-state index contributed by atoms with van der Waals surface area (Å²) in [6.07, 6.45) is 3.98. The van der Waals surface area contributed by atoms with E-state index in [9.17, 15) is 9.59 Å². The molecule has 25 heavy (non-hydrogen) atoms. The largest absolute Gasteiger partial charge is 0.329 e. The fraction of sp³-hybridized carbons (Fsp3) is 0.600. The van der Waals surface area contributed by atoms with Gasteiger partial charge in [-0.3, -0.25) is 9.59 Å². The van der Waals surface area contributed by atoms with Gasteiger partial charge in [0.15, 0.2) is 0 Å².